The zero-order chi connectivity index (χ0) is 16.3. The van der Waals surface area contributed by atoms with E-state index in [-0.39, 0.29) is 18.1 Å². The van der Waals surface area contributed by atoms with E-state index in [0.29, 0.717) is 6.54 Å². The molecule has 0 aliphatic carbocycles. The van der Waals surface area contributed by atoms with Crippen LogP contribution in [0.15, 0.2) is 23.1 Å². The van der Waals surface area contributed by atoms with Gasteiger partial charge in [-0.25, -0.2) is 0 Å². The third-order valence-corrected chi connectivity index (χ3v) is 3.71. The topological polar surface area (TPSA) is 99.1 Å². The maximum absolute atomic E-state index is 12.1. The van der Waals surface area contributed by atoms with E-state index < -0.39 is 4.92 Å². The minimum absolute atomic E-state index is 0.0591. The van der Waals surface area contributed by atoms with Crippen molar-refractivity contribution in [3.8, 4) is 0 Å². The van der Waals surface area contributed by atoms with Crippen LogP contribution in [0.1, 0.15) is 12.6 Å². The molecule has 1 amide bonds. The van der Waals surface area contributed by atoms with E-state index in [1.165, 1.54) is 15.8 Å². The second-order valence-corrected chi connectivity index (χ2v) is 5.54. The third kappa shape index (κ3) is 3.70. The number of halogens is 1. The maximum Gasteiger partial charge on any atom is 0.307 e. The van der Waals surface area contributed by atoms with Crippen LogP contribution in [-0.2, 0) is 24.4 Å². The fraction of sp³-hybridized carbons (Fsp3) is 0.417. The van der Waals surface area contributed by atoms with E-state index in [1.54, 1.807) is 11.7 Å². The van der Waals surface area contributed by atoms with Gasteiger partial charge in [0.15, 0.2) is 0 Å². The summed E-state index contributed by atoms with van der Waals surface area (Å²) < 4.78 is 3.86. The molecule has 9 nitrogen and oxygen atoms in total. The minimum atomic E-state index is -0.549. The number of carbonyl (C=O) groups is 1. The lowest BCUT2D eigenvalue weighted by molar-refractivity contribution is -0.385. The highest BCUT2D eigenvalue weighted by molar-refractivity contribution is 9.10. The first-order valence-corrected chi connectivity index (χ1v) is 7.32. The normalized spacial score (nSPS) is 10.7. The predicted octanol–water partition coefficient (Wildman–Crippen LogP) is 1.43. The number of likely N-dealkylation sites (N-methyl/N-ethyl adjacent to an activating group) is 1. The minimum Gasteiger partial charge on any atom is -0.338 e. The van der Waals surface area contributed by atoms with Gasteiger partial charge in [-0.1, -0.05) is 0 Å². The van der Waals surface area contributed by atoms with Crippen molar-refractivity contribution >= 4 is 27.5 Å². The van der Waals surface area contributed by atoms with Gasteiger partial charge in [-0.15, -0.1) is 0 Å². The van der Waals surface area contributed by atoms with Crippen molar-refractivity contribution in [1.29, 1.82) is 0 Å². The molecule has 0 saturated carbocycles. The van der Waals surface area contributed by atoms with Gasteiger partial charge in [-0.3, -0.25) is 24.3 Å². The van der Waals surface area contributed by atoms with Crippen molar-refractivity contribution in [3.05, 3.63) is 38.9 Å². The van der Waals surface area contributed by atoms with Crippen molar-refractivity contribution in [2.45, 2.75) is 26.6 Å². The lowest BCUT2D eigenvalue weighted by Gasteiger charge is -2.16. The second-order valence-electron chi connectivity index (χ2n) is 4.68. The Morgan fingerprint density at radius 2 is 2.18 bits per heavy atom. The largest absolute Gasteiger partial charge is 0.338 e. The van der Waals surface area contributed by atoms with Gasteiger partial charge in [0, 0.05) is 19.8 Å². The molecule has 22 heavy (non-hydrogen) atoms. The number of nitrogens with zero attached hydrogens (tertiary/aromatic N) is 6. The predicted molar refractivity (Wildman–Crippen MR) is 81.0 cm³/mol. The van der Waals surface area contributed by atoms with Crippen molar-refractivity contribution < 1.29 is 9.72 Å². The monoisotopic (exact) mass is 370 g/mol. The molecule has 0 bridgehead atoms. The highest BCUT2D eigenvalue weighted by atomic mass is 79.9. The molecule has 2 rings (SSSR count). The summed E-state index contributed by atoms with van der Waals surface area (Å²) in [5, 5.41) is 18.7. The number of aromatic nitrogens is 4. The Balaban J connectivity index is 1.99. The summed E-state index contributed by atoms with van der Waals surface area (Å²) in [6.45, 7) is 3.00. The molecule has 2 aromatic heterocycles. The molecule has 0 aliphatic rings. The molecule has 10 heteroatoms. The third-order valence-electron chi connectivity index (χ3n) is 3.05. The van der Waals surface area contributed by atoms with Gasteiger partial charge in [0.05, 0.1) is 21.6 Å². The van der Waals surface area contributed by atoms with Crippen molar-refractivity contribution in [2.75, 3.05) is 7.05 Å². The van der Waals surface area contributed by atoms with E-state index in [0.717, 1.165) is 22.9 Å². The Morgan fingerprint density at radius 3 is 2.73 bits per heavy atom. The number of rotatable bonds is 6. The Bertz CT molecular complexity index is 695. The molecule has 0 aliphatic heterocycles. The molecule has 0 fully saturated rings. The highest BCUT2D eigenvalue weighted by Gasteiger charge is 2.16. The molecular weight excluding hydrogens is 356 g/mol. The van der Waals surface area contributed by atoms with E-state index in [9.17, 15) is 14.9 Å². The molecular formula is C12H15BrN6O3. The Morgan fingerprint density at radius 1 is 1.45 bits per heavy atom. The van der Waals surface area contributed by atoms with Crippen LogP contribution < -0.4 is 0 Å². The first-order chi connectivity index (χ1) is 10.4. The molecule has 0 saturated heterocycles. The summed E-state index contributed by atoms with van der Waals surface area (Å²) in [5.74, 6) is -0.212. The fourth-order valence-corrected chi connectivity index (χ4v) is 2.25. The number of hydrogen-bond donors (Lipinski definition) is 0. The number of hydrogen-bond acceptors (Lipinski definition) is 5. The molecule has 0 spiro atoms. The van der Waals surface area contributed by atoms with Gasteiger partial charge >= 0.3 is 5.69 Å². The van der Waals surface area contributed by atoms with Crippen LogP contribution in [0.3, 0.4) is 0 Å². The van der Waals surface area contributed by atoms with Gasteiger partial charge in [-0.05, 0) is 22.9 Å². The van der Waals surface area contributed by atoms with Crippen LogP contribution >= 0.6 is 15.9 Å². The number of aryl methyl sites for hydroxylation is 1. The Labute approximate surface area is 134 Å². The molecule has 0 radical (unpaired) electrons. The van der Waals surface area contributed by atoms with Crippen LogP contribution in [-0.4, -0.2) is 42.3 Å². The highest BCUT2D eigenvalue weighted by Crippen LogP contribution is 2.16. The average Bonchev–Trinajstić information content (AvgIpc) is 3.06. The Kier molecular flexibility index (Phi) is 4.91. The van der Waals surface area contributed by atoms with E-state index in [1.807, 2.05) is 13.1 Å². The second kappa shape index (κ2) is 6.69. The van der Waals surface area contributed by atoms with Gasteiger partial charge < -0.3 is 4.90 Å². The standard InChI is InChI=1S/C12H15BrN6O3/c1-3-17-6-10(13)11(15-17)7-16(2)12(20)8-18-5-9(4-14-18)19(21)22/h4-6H,3,7-8H2,1-2H3. The molecule has 0 unspecified atom stereocenters. The van der Waals surface area contributed by atoms with Crippen LogP contribution in [0.2, 0.25) is 0 Å². The first-order valence-electron chi connectivity index (χ1n) is 6.53. The van der Waals surface area contributed by atoms with Crippen molar-refractivity contribution in [2.24, 2.45) is 0 Å². The van der Waals surface area contributed by atoms with E-state index in [4.69, 9.17) is 0 Å². The summed E-state index contributed by atoms with van der Waals surface area (Å²) >= 11 is 3.41. The van der Waals surface area contributed by atoms with Crippen LogP contribution in [0.4, 0.5) is 5.69 Å². The summed E-state index contributed by atoms with van der Waals surface area (Å²) in [6, 6.07) is 0. The molecule has 0 atom stereocenters. The van der Waals surface area contributed by atoms with Crippen LogP contribution in [0.5, 0.6) is 0 Å². The van der Waals surface area contributed by atoms with Gasteiger partial charge in [0.25, 0.3) is 0 Å². The van der Waals surface area contributed by atoms with E-state index >= 15 is 0 Å². The molecule has 118 valence electrons. The smallest absolute Gasteiger partial charge is 0.307 e. The maximum atomic E-state index is 12.1. The number of nitro groups is 1. The number of carbonyl (C=O) groups excluding carboxylic acids is 1. The molecule has 2 heterocycles. The van der Waals surface area contributed by atoms with Gasteiger partial charge in [0.1, 0.15) is 18.9 Å². The first kappa shape index (κ1) is 16.1. The zero-order valence-electron chi connectivity index (χ0n) is 12.1. The zero-order valence-corrected chi connectivity index (χ0v) is 13.7. The van der Waals surface area contributed by atoms with Crippen LogP contribution in [0, 0.1) is 10.1 Å². The van der Waals surface area contributed by atoms with Gasteiger partial charge in [-0.2, -0.15) is 10.2 Å². The average molecular weight is 371 g/mol. The lowest BCUT2D eigenvalue weighted by Crippen LogP contribution is -2.30. The quantitative estimate of drug-likeness (QED) is 0.565. The van der Waals surface area contributed by atoms with E-state index in [2.05, 4.69) is 26.1 Å². The van der Waals surface area contributed by atoms with Crippen molar-refractivity contribution in [3.63, 3.8) is 0 Å². The lowest BCUT2D eigenvalue weighted by atomic mass is 10.4. The summed E-state index contributed by atoms with van der Waals surface area (Å²) in [5.41, 5.74) is 0.615. The summed E-state index contributed by atoms with van der Waals surface area (Å²) in [4.78, 5) is 23.7. The van der Waals surface area contributed by atoms with Gasteiger partial charge in [0.2, 0.25) is 5.91 Å². The summed E-state index contributed by atoms with van der Waals surface area (Å²) in [7, 11) is 1.65. The SMILES string of the molecule is CCn1cc(Br)c(CN(C)C(=O)Cn2cc([N+](=O)[O-])cn2)n1. The molecule has 0 N–H and O–H groups in total. The molecule has 2 aromatic rings. The van der Waals surface area contributed by atoms with Crippen molar-refractivity contribution in [1.82, 2.24) is 24.5 Å². The fourth-order valence-electron chi connectivity index (χ4n) is 1.81. The molecule has 0 aromatic carbocycles. The van der Waals surface area contributed by atoms with Crippen LogP contribution in [0.25, 0.3) is 0 Å². The Hall–Kier alpha value is -2.23. The summed E-state index contributed by atoms with van der Waals surface area (Å²) in [6.07, 6.45) is 4.20. The number of amides is 1.